The molecular formula is C17H22N4O2S. The third-order valence-electron chi connectivity index (χ3n) is 5.30. The van der Waals surface area contributed by atoms with Crippen molar-refractivity contribution >= 4 is 17.2 Å². The Morgan fingerprint density at radius 2 is 2.21 bits per heavy atom. The van der Waals surface area contributed by atoms with Gasteiger partial charge in [0.2, 0.25) is 5.91 Å². The van der Waals surface area contributed by atoms with Gasteiger partial charge in [0.25, 0.3) is 0 Å². The van der Waals surface area contributed by atoms with Crippen LogP contribution in [0.25, 0.3) is 0 Å². The van der Waals surface area contributed by atoms with Gasteiger partial charge in [0.1, 0.15) is 10.8 Å². The molecule has 4 heterocycles. The molecule has 0 saturated carbocycles. The molecule has 0 N–H and O–H groups in total. The molecule has 2 aliphatic heterocycles. The van der Waals surface area contributed by atoms with E-state index < -0.39 is 0 Å². The fourth-order valence-electron chi connectivity index (χ4n) is 4.00. The van der Waals surface area contributed by atoms with Crippen LogP contribution in [0.15, 0.2) is 16.1 Å². The van der Waals surface area contributed by atoms with E-state index in [0.717, 1.165) is 54.6 Å². The maximum atomic E-state index is 12.6. The molecule has 7 heteroatoms. The van der Waals surface area contributed by atoms with E-state index in [2.05, 4.69) is 15.0 Å². The number of thiazole rings is 1. The molecule has 0 radical (unpaired) electrons. The average molecular weight is 346 g/mol. The van der Waals surface area contributed by atoms with Crippen molar-refractivity contribution in [3.8, 4) is 0 Å². The predicted molar refractivity (Wildman–Crippen MR) is 90.5 cm³/mol. The molecule has 0 bridgehead atoms. The first-order valence-corrected chi connectivity index (χ1v) is 9.23. The van der Waals surface area contributed by atoms with Crippen LogP contribution < -0.4 is 0 Å². The Bertz CT molecular complexity index is 722. The number of amides is 1. The highest BCUT2D eigenvalue weighted by Gasteiger charge is 2.47. The maximum Gasteiger partial charge on any atom is 0.223 e. The minimum Gasteiger partial charge on any atom is -0.361 e. The van der Waals surface area contributed by atoms with E-state index in [0.29, 0.717) is 13.0 Å². The summed E-state index contributed by atoms with van der Waals surface area (Å²) in [5.74, 6) is 1.07. The van der Waals surface area contributed by atoms with Gasteiger partial charge in [-0.05, 0) is 26.8 Å². The summed E-state index contributed by atoms with van der Waals surface area (Å²) in [7, 11) is 0. The largest absolute Gasteiger partial charge is 0.361 e. The fraction of sp³-hybridized carbons (Fsp3) is 0.588. The smallest absolute Gasteiger partial charge is 0.223 e. The Kier molecular flexibility index (Phi) is 3.92. The van der Waals surface area contributed by atoms with Crippen LogP contribution in [-0.4, -0.2) is 45.5 Å². The van der Waals surface area contributed by atoms with E-state index in [-0.39, 0.29) is 11.3 Å². The molecule has 2 aliphatic rings. The second-order valence-corrected chi connectivity index (χ2v) is 8.09. The second-order valence-electron chi connectivity index (χ2n) is 7.12. The number of hydrogen-bond donors (Lipinski definition) is 0. The van der Waals surface area contributed by atoms with Crippen molar-refractivity contribution in [2.24, 2.45) is 5.41 Å². The van der Waals surface area contributed by atoms with Gasteiger partial charge in [-0.1, -0.05) is 5.16 Å². The average Bonchev–Trinajstić information content (AvgIpc) is 3.30. The summed E-state index contributed by atoms with van der Waals surface area (Å²) in [5.41, 5.74) is 2.05. The third kappa shape index (κ3) is 2.86. The van der Waals surface area contributed by atoms with Crippen LogP contribution in [0.3, 0.4) is 0 Å². The number of rotatable bonds is 4. The van der Waals surface area contributed by atoms with Gasteiger partial charge in [-0.2, -0.15) is 0 Å². The van der Waals surface area contributed by atoms with Crippen LogP contribution in [0.1, 0.15) is 34.9 Å². The Hall–Kier alpha value is -1.73. The van der Waals surface area contributed by atoms with Gasteiger partial charge in [-0.15, -0.1) is 11.3 Å². The molecule has 128 valence electrons. The number of aryl methyl sites for hydroxylation is 2. The first-order valence-electron chi connectivity index (χ1n) is 8.35. The Balaban J connectivity index is 1.42. The molecule has 2 fully saturated rings. The summed E-state index contributed by atoms with van der Waals surface area (Å²) in [4.78, 5) is 21.4. The van der Waals surface area contributed by atoms with Crippen molar-refractivity contribution in [1.29, 1.82) is 0 Å². The van der Waals surface area contributed by atoms with Crippen molar-refractivity contribution in [2.45, 2.75) is 39.8 Å². The molecule has 24 heavy (non-hydrogen) atoms. The van der Waals surface area contributed by atoms with E-state index >= 15 is 0 Å². The summed E-state index contributed by atoms with van der Waals surface area (Å²) in [5, 5.41) is 7.17. The molecule has 0 aliphatic carbocycles. The molecule has 1 amide bonds. The van der Waals surface area contributed by atoms with Gasteiger partial charge in [0.05, 0.1) is 18.8 Å². The molecule has 1 spiro atoms. The normalized spacial score (nSPS) is 24.6. The predicted octanol–water partition coefficient (Wildman–Crippen LogP) is 2.37. The Morgan fingerprint density at radius 1 is 1.33 bits per heavy atom. The molecule has 1 atom stereocenters. The van der Waals surface area contributed by atoms with Crippen LogP contribution in [0, 0.1) is 19.3 Å². The quantitative estimate of drug-likeness (QED) is 0.850. The van der Waals surface area contributed by atoms with Crippen molar-refractivity contribution < 1.29 is 9.32 Å². The molecule has 2 aromatic rings. The summed E-state index contributed by atoms with van der Waals surface area (Å²) >= 11 is 1.70. The molecule has 2 aromatic heterocycles. The summed E-state index contributed by atoms with van der Waals surface area (Å²) in [6, 6.07) is 0. The highest BCUT2D eigenvalue weighted by atomic mass is 32.1. The van der Waals surface area contributed by atoms with Gasteiger partial charge in [-0.3, -0.25) is 9.69 Å². The zero-order valence-corrected chi connectivity index (χ0v) is 14.9. The zero-order chi connectivity index (χ0) is 16.7. The summed E-state index contributed by atoms with van der Waals surface area (Å²) < 4.78 is 5.23. The highest BCUT2D eigenvalue weighted by Crippen LogP contribution is 2.41. The number of carbonyl (C=O) groups is 1. The SMILES string of the molecule is Cc1noc(C)c1CN1C[C@]2(CCN(Cc3nccs3)C2)CC1=O. The first-order chi connectivity index (χ1) is 11.5. The summed E-state index contributed by atoms with van der Waals surface area (Å²) in [6.45, 7) is 8.24. The van der Waals surface area contributed by atoms with Crippen LogP contribution in [0.5, 0.6) is 0 Å². The number of hydrogen-bond acceptors (Lipinski definition) is 6. The van der Waals surface area contributed by atoms with Crippen LogP contribution in [0.4, 0.5) is 0 Å². The minimum absolute atomic E-state index is 0.104. The highest BCUT2D eigenvalue weighted by molar-refractivity contribution is 7.09. The van der Waals surface area contributed by atoms with Crippen molar-refractivity contribution in [1.82, 2.24) is 19.9 Å². The molecular weight excluding hydrogens is 324 g/mol. The van der Waals surface area contributed by atoms with Gasteiger partial charge in [0, 0.05) is 42.1 Å². The zero-order valence-electron chi connectivity index (χ0n) is 14.1. The van der Waals surface area contributed by atoms with E-state index in [9.17, 15) is 4.79 Å². The number of carbonyl (C=O) groups excluding carboxylic acids is 1. The van der Waals surface area contributed by atoms with Gasteiger partial charge < -0.3 is 9.42 Å². The topological polar surface area (TPSA) is 62.5 Å². The lowest BCUT2D eigenvalue weighted by Crippen LogP contribution is -2.31. The van der Waals surface area contributed by atoms with Crippen LogP contribution >= 0.6 is 11.3 Å². The molecule has 2 saturated heterocycles. The number of likely N-dealkylation sites (tertiary alicyclic amines) is 2. The lowest BCUT2D eigenvalue weighted by Gasteiger charge is -2.24. The van der Waals surface area contributed by atoms with E-state index in [1.165, 1.54) is 0 Å². The minimum atomic E-state index is 0.104. The van der Waals surface area contributed by atoms with E-state index in [1.807, 2.05) is 30.3 Å². The molecule has 6 nitrogen and oxygen atoms in total. The Labute approximate surface area is 145 Å². The van der Waals surface area contributed by atoms with E-state index in [1.54, 1.807) is 11.3 Å². The van der Waals surface area contributed by atoms with E-state index in [4.69, 9.17) is 4.52 Å². The standard InChI is InChI=1S/C17H22N4O2S/c1-12-14(13(2)23-19-12)8-21-11-17(7-16(21)22)3-5-20(10-17)9-15-18-4-6-24-15/h4,6H,3,5,7-11H2,1-2H3/t17-/m1/s1. The first kappa shape index (κ1) is 15.8. The summed E-state index contributed by atoms with van der Waals surface area (Å²) in [6.07, 6.45) is 3.60. The lowest BCUT2D eigenvalue weighted by atomic mass is 9.86. The van der Waals surface area contributed by atoms with Crippen molar-refractivity contribution in [3.63, 3.8) is 0 Å². The van der Waals surface area contributed by atoms with Crippen molar-refractivity contribution in [3.05, 3.63) is 33.6 Å². The number of nitrogens with zero attached hydrogens (tertiary/aromatic N) is 4. The molecule has 0 unspecified atom stereocenters. The van der Waals surface area contributed by atoms with Crippen molar-refractivity contribution in [2.75, 3.05) is 19.6 Å². The Morgan fingerprint density at radius 3 is 2.92 bits per heavy atom. The molecule has 0 aromatic carbocycles. The van der Waals surface area contributed by atoms with Crippen LogP contribution in [-0.2, 0) is 17.9 Å². The molecule has 4 rings (SSSR count). The van der Waals surface area contributed by atoms with Gasteiger partial charge in [-0.25, -0.2) is 4.98 Å². The van der Waals surface area contributed by atoms with Crippen LogP contribution in [0.2, 0.25) is 0 Å². The third-order valence-corrected chi connectivity index (χ3v) is 6.06. The lowest BCUT2D eigenvalue weighted by molar-refractivity contribution is -0.128. The van der Waals surface area contributed by atoms with Gasteiger partial charge >= 0.3 is 0 Å². The monoisotopic (exact) mass is 346 g/mol. The second kappa shape index (κ2) is 5.97. The van der Waals surface area contributed by atoms with Gasteiger partial charge in [0.15, 0.2) is 0 Å². The number of aromatic nitrogens is 2. The maximum absolute atomic E-state index is 12.6. The fourth-order valence-corrected chi connectivity index (χ4v) is 4.66.